The molecule has 0 radical (unpaired) electrons. The second-order valence-corrected chi connectivity index (χ2v) is 10.8. The van der Waals surface area contributed by atoms with Crippen molar-refractivity contribution in [1.29, 1.82) is 5.26 Å². The van der Waals surface area contributed by atoms with Gasteiger partial charge in [0.15, 0.2) is 11.6 Å². The fourth-order valence-corrected chi connectivity index (χ4v) is 5.10. The summed E-state index contributed by atoms with van der Waals surface area (Å²) in [5.74, 6) is -2.14. The van der Waals surface area contributed by atoms with E-state index in [1.165, 1.54) is 37.3 Å². The van der Waals surface area contributed by atoms with Gasteiger partial charge in [0.25, 0.3) is 10.0 Å². The molecule has 0 fully saturated rings. The molecule has 1 amide bonds. The molecule has 0 saturated carbocycles. The summed E-state index contributed by atoms with van der Waals surface area (Å²) in [6, 6.07) is 12.2. The van der Waals surface area contributed by atoms with Gasteiger partial charge in [-0.3, -0.25) is 4.79 Å². The number of ether oxygens (including phenoxy) is 1. The van der Waals surface area contributed by atoms with Crippen molar-refractivity contribution >= 4 is 66.6 Å². The lowest BCUT2D eigenvalue weighted by Crippen LogP contribution is -2.18. The lowest BCUT2D eigenvalue weighted by Gasteiger charge is -2.12. The number of nitriles is 1. The minimum atomic E-state index is -4.23. The van der Waals surface area contributed by atoms with Gasteiger partial charge in [-0.2, -0.15) is 18.1 Å². The molecule has 13 heteroatoms. The van der Waals surface area contributed by atoms with Gasteiger partial charge in [0.1, 0.15) is 5.75 Å². The van der Waals surface area contributed by atoms with Crippen LogP contribution >= 0.6 is 39.1 Å². The van der Waals surface area contributed by atoms with E-state index in [1.54, 1.807) is 0 Å². The van der Waals surface area contributed by atoms with Crippen molar-refractivity contribution in [3.63, 3.8) is 0 Å². The van der Waals surface area contributed by atoms with Crippen molar-refractivity contribution in [2.45, 2.75) is 24.7 Å². The van der Waals surface area contributed by atoms with E-state index in [4.69, 9.17) is 33.2 Å². The number of nitrogens with one attached hydrogen (secondary N) is 1. The predicted molar refractivity (Wildman–Crippen MR) is 139 cm³/mol. The highest BCUT2D eigenvalue weighted by Crippen LogP contribution is 2.35. The summed E-state index contributed by atoms with van der Waals surface area (Å²) in [4.78, 5) is 12.2. The average molecular weight is 628 g/mol. The zero-order chi connectivity index (χ0) is 27.3. The standard InChI is InChI=1S/C24H17BrCl2FN3O5S/c1-2-22(32)31-37(34,35)17-3-4-21(19(27)11-17)30-23(33)9-13-7-18(25)24(20(28)8-13)36-16-6-14(12-29)5-15(26)10-16/h3-8,10-11H,2,9H2,1H3,(H,30,33)(H,31,32)/p-1. The van der Waals surface area contributed by atoms with Crippen molar-refractivity contribution in [3.05, 3.63) is 80.0 Å². The molecule has 0 spiro atoms. The number of hydrogen-bond acceptors (Lipinski definition) is 6. The largest absolute Gasteiger partial charge is 0.861 e. The number of nitrogens with zero attached hydrogens (tertiary/aromatic N) is 2. The van der Waals surface area contributed by atoms with Gasteiger partial charge in [0, 0.05) is 5.02 Å². The maximum absolute atomic E-state index is 14.8. The van der Waals surface area contributed by atoms with Crippen LogP contribution in [0.4, 0.5) is 10.1 Å². The molecule has 37 heavy (non-hydrogen) atoms. The van der Waals surface area contributed by atoms with Crippen molar-refractivity contribution in [1.82, 2.24) is 0 Å². The number of hydrogen-bond donors (Lipinski definition) is 1. The summed E-state index contributed by atoms with van der Waals surface area (Å²) in [5.41, 5.74) is 0.645. The molecular formula is C24H16BrCl2FN3O5S-. The van der Waals surface area contributed by atoms with Gasteiger partial charge in [0.05, 0.1) is 38.1 Å². The van der Waals surface area contributed by atoms with Crippen LogP contribution in [0.5, 0.6) is 11.5 Å². The molecule has 0 aliphatic heterocycles. The van der Waals surface area contributed by atoms with Gasteiger partial charge >= 0.3 is 0 Å². The van der Waals surface area contributed by atoms with E-state index < -0.39 is 27.6 Å². The Labute approximate surface area is 230 Å². The number of rotatable bonds is 8. The molecule has 0 saturated heterocycles. The first-order valence-corrected chi connectivity index (χ1v) is 13.4. The number of sulfonamides is 1. The number of carbonyl (C=O) groups is 1. The summed E-state index contributed by atoms with van der Waals surface area (Å²) in [6.45, 7) is 1.47. The number of halogens is 4. The van der Waals surface area contributed by atoms with Gasteiger partial charge in [0.2, 0.25) is 5.91 Å². The lowest BCUT2D eigenvalue weighted by molar-refractivity contribution is -0.217. The van der Waals surface area contributed by atoms with Crippen molar-refractivity contribution in [2.75, 3.05) is 5.32 Å². The third kappa shape index (κ3) is 7.42. The predicted octanol–water partition coefficient (Wildman–Crippen LogP) is 5.60. The maximum Gasteiger partial charge on any atom is 0.281 e. The molecule has 3 rings (SSSR count). The van der Waals surface area contributed by atoms with E-state index in [-0.39, 0.29) is 55.0 Å². The number of benzene rings is 3. The van der Waals surface area contributed by atoms with Crippen molar-refractivity contribution in [2.24, 2.45) is 4.40 Å². The second-order valence-electron chi connectivity index (χ2n) is 7.46. The minimum Gasteiger partial charge on any atom is -0.861 e. The Balaban J connectivity index is 1.74. The molecule has 3 aromatic carbocycles. The first-order valence-electron chi connectivity index (χ1n) is 10.4. The second kappa shape index (κ2) is 11.9. The first kappa shape index (κ1) is 28.4. The Morgan fingerprint density at radius 3 is 2.57 bits per heavy atom. The van der Waals surface area contributed by atoms with Gasteiger partial charge in [-0.1, -0.05) is 30.1 Å². The average Bonchev–Trinajstić information content (AvgIpc) is 2.81. The Morgan fingerprint density at radius 2 is 1.95 bits per heavy atom. The topological polar surface area (TPSA) is 132 Å². The molecule has 0 aliphatic rings. The van der Waals surface area contributed by atoms with Gasteiger partial charge < -0.3 is 15.2 Å². The summed E-state index contributed by atoms with van der Waals surface area (Å²) in [7, 11) is -4.23. The Hall–Kier alpha value is -3.17. The third-order valence-corrected chi connectivity index (χ3v) is 7.09. The molecule has 0 unspecified atom stereocenters. The Bertz CT molecular complexity index is 1540. The molecule has 0 aliphatic carbocycles. The highest BCUT2D eigenvalue weighted by atomic mass is 79.9. The molecule has 0 aromatic heterocycles. The molecule has 8 nitrogen and oxygen atoms in total. The minimum absolute atomic E-state index is 0.0757. The van der Waals surface area contributed by atoms with Crippen molar-refractivity contribution in [3.8, 4) is 17.6 Å². The van der Waals surface area contributed by atoms with Gasteiger partial charge in [-0.25, -0.2) is 4.39 Å². The molecule has 192 valence electrons. The number of amides is 1. The van der Waals surface area contributed by atoms with Crippen LogP contribution in [0.1, 0.15) is 24.5 Å². The van der Waals surface area contributed by atoms with E-state index in [1.807, 2.05) is 6.07 Å². The summed E-state index contributed by atoms with van der Waals surface area (Å²) in [5, 5.41) is 23.1. The summed E-state index contributed by atoms with van der Waals surface area (Å²) in [6.07, 6.45) is -0.324. The van der Waals surface area contributed by atoms with Crippen LogP contribution < -0.4 is 15.2 Å². The molecular weight excluding hydrogens is 612 g/mol. The van der Waals surface area contributed by atoms with Crippen LogP contribution in [-0.2, 0) is 21.2 Å². The molecule has 3 aromatic rings. The smallest absolute Gasteiger partial charge is 0.281 e. The quantitative estimate of drug-likeness (QED) is 0.255. The monoisotopic (exact) mass is 626 g/mol. The van der Waals surface area contributed by atoms with E-state index in [0.29, 0.717) is 5.56 Å². The fourth-order valence-electron chi connectivity index (χ4n) is 3.00. The van der Waals surface area contributed by atoms with Crippen LogP contribution in [0, 0.1) is 17.1 Å². The Kier molecular flexibility index (Phi) is 9.15. The molecule has 1 N–H and O–H groups in total. The molecule has 0 atom stereocenters. The molecule has 0 heterocycles. The van der Waals surface area contributed by atoms with E-state index >= 15 is 0 Å². The van der Waals surface area contributed by atoms with Crippen LogP contribution in [-0.4, -0.2) is 20.2 Å². The fraction of sp³-hybridized carbons (Fsp3) is 0.125. The molecule has 0 bridgehead atoms. The first-order chi connectivity index (χ1) is 17.4. The maximum atomic E-state index is 14.8. The van der Waals surface area contributed by atoms with Gasteiger partial charge in [-0.15, -0.1) is 0 Å². The summed E-state index contributed by atoms with van der Waals surface area (Å²) < 4.78 is 48.1. The number of carbonyl (C=O) groups excluding carboxylic acids is 1. The third-order valence-electron chi connectivity index (χ3n) is 4.68. The Morgan fingerprint density at radius 1 is 1.22 bits per heavy atom. The zero-order valence-electron chi connectivity index (χ0n) is 18.9. The van der Waals surface area contributed by atoms with Crippen LogP contribution in [0.3, 0.4) is 0 Å². The van der Waals surface area contributed by atoms with E-state index in [2.05, 4.69) is 25.6 Å². The van der Waals surface area contributed by atoms with Gasteiger partial charge in [-0.05, 0) is 82.3 Å². The van der Waals surface area contributed by atoms with E-state index in [0.717, 1.165) is 18.2 Å². The lowest BCUT2D eigenvalue weighted by atomic mass is 10.1. The zero-order valence-corrected chi connectivity index (χ0v) is 22.8. The van der Waals surface area contributed by atoms with Crippen LogP contribution in [0.2, 0.25) is 10.0 Å². The van der Waals surface area contributed by atoms with E-state index in [9.17, 15) is 22.7 Å². The highest BCUT2D eigenvalue weighted by molar-refractivity contribution is 9.10. The SMILES string of the molecule is CCC([O-])=NS(=O)(=O)c1ccc(NC(=O)Cc2cc(F)c(Oc3cc(Cl)cc(C#N)c3)c(Br)c2)c(Cl)c1. The normalized spacial score (nSPS) is 11.6. The van der Waals surface area contributed by atoms with Crippen LogP contribution in [0.15, 0.2) is 62.3 Å². The summed E-state index contributed by atoms with van der Waals surface area (Å²) >= 11 is 15.3. The van der Waals surface area contributed by atoms with Crippen LogP contribution in [0.25, 0.3) is 0 Å². The number of anilines is 1. The highest BCUT2D eigenvalue weighted by Gasteiger charge is 2.17. The van der Waals surface area contributed by atoms with Crippen molar-refractivity contribution < 1.29 is 27.4 Å².